The lowest BCUT2D eigenvalue weighted by Crippen LogP contribution is -1.96. The first-order chi connectivity index (χ1) is 15.8. The average molecular weight is 418 g/mol. The summed E-state index contributed by atoms with van der Waals surface area (Å²) in [6.45, 7) is 0. The van der Waals surface area contributed by atoms with Crippen molar-refractivity contribution in [2.75, 3.05) is 5.32 Å². The maximum Gasteiger partial charge on any atom is 0.161 e. The van der Waals surface area contributed by atoms with E-state index in [-0.39, 0.29) is 0 Å². The molecule has 8 heteroatoms. The molecule has 0 atom stereocenters. The molecule has 4 N–H and O–H groups in total. The van der Waals surface area contributed by atoms with Crippen LogP contribution >= 0.6 is 0 Å². The standard InChI is InChI=1S/C24H18N8/c1-2-17(10-21-16(1)9-22(31-21)19-13-28-29-14-19)24-25-8-7-23(32-24)30-20-5-3-15(4-6-20)18-11-26-27-12-18/h1-14,31H,(H,26,27)(H,28,29)(H,25,30,32). The predicted octanol–water partition coefficient (Wildman–Crippen LogP) is 5.15. The van der Waals surface area contributed by atoms with E-state index in [0.29, 0.717) is 5.82 Å². The average Bonchev–Trinajstić information content (AvgIpc) is 3.61. The summed E-state index contributed by atoms with van der Waals surface area (Å²) in [5.41, 5.74) is 7.10. The molecule has 0 amide bonds. The van der Waals surface area contributed by atoms with Gasteiger partial charge in [-0.2, -0.15) is 10.2 Å². The van der Waals surface area contributed by atoms with Gasteiger partial charge in [0.15, 0.2) is 5.82 Å². The number of aromatic amines is 3. The quantitative estimate of drug-likeness (QED) is 0.309. The number of hydrogen-bond donors (Lipinski definition) is 4. The van der Waals surface area contributed by atoms with Crippen LogP contribution in [0, 0.1) is 0 Å². The minimum atomic E-state index is 0.659. The van der Waals surface area contributed by atoms with E-state index in [9.17, 15) is 0 Å². The van der Waals surface area contributed by atoms with Crippen molar-refractivity contribution in [3.8, 4) is 33.8 Å². The van der Waals surface area contributed by atoms with Crippen molar-refractivity contribution >= 4 is 22.4 Å². The van der Waals surface area contributed by atoms with E-state index in [2.05, 4.69) is 53.9 Å². The van der Waals surface area contributed by atoms with Crippen LogP contribution in [0.4, 0.5) is 11.5 Å². The third kappa shape index (κ3) is 3.39. The molecule has 4 aromatic heterocycles. The van der Waals surface area contributed by atoms with Crippen LogP contribution in [0.5, 0.6) is 0 Å². The highest BCUT2D eigenvalue weighted by molar-refractivity contribution is 5.88. The van der Waals surface area contributed by atoms with E-state index >= 15 is 0 Å². The number of nitrogens with zero attached hydrogens (tertiary/aromatic N) is 4. The Labute approximate surface area is 182 Å². The molecule has 0 saturated carbocycles. The number of aromatic nitrogens is 7. The second-order valence-corrected chi connectivity index (χ2v) is 7.43. The first-order valence-electron chi connectivity index (χ1n) is 10.1. The third-order valence-corrected chi connectivity index (χ3v) is 5.33. The Morgan fingerprint density at radius 1 is 0.719 bits per heavy atom. The Morgan fingerprint density at radius 3 is 2.28 bits per heavy atom. The fourth-order valence-electron chi connectivity index (χ4n) is 3.69. The molecule has 0 aliphatic heterocycles. The zero-order chi connectivity index (χ0) is 21.3. The van der Waals surface area contributed by atoms with Gasteiger partial charge in [-0.3, -0.25) is 10.2 Å². The molecule has 0 aliphatic rings. The number of rotatable bonds is 5. The van der Waals surface area contributed by atoms with Crippen LogP contribution in [0.15, 0.2) is 85.6 Å². The summed E-state index contributed by atoms with van der Waals surface area (Å²) in [4.78, 5) is 12.6. The third-order valence-electron chi connectivity index (χ3n) is 5.33. The van der Waals surface area contributed by atoms with E-state index in [0.717, 1.165) is 50.4 Å². The second-order valence-electron chi connectivity index (χ2n) is 7.43. The van der Waals surface area contributed by atoms with Crippen molar-refractivity contribution < 1.29 is 0 Å². The molecule has 8 nitrogen and oxygen atoms in total. The highest BCUT2D eigenvalue weighted by Gasteiger charge is 2.08. The summed E-state index contributed by atoms with van der Waals surface area (Å²) >= 11 is 0. The van der Waals surface area contributed by atoms with Crippen molar-refractivity contribution in [3.63, 3.8) is 0 Å². The summed E-state index contributed by atoms with van der Waals surface area (Å²) < 4.78 is 0. The predicted molar refractivity (Wildman–Crippen MR) is 124 cm³/mol. The molecule has 0 fully saturated rings. The van der Waals surface area contributed by atoms with Gasteiger partial charge >= 0.3 is 0 Å². The van der Waals surface area contributed by atoms with Crippen molar-refractivity contribution in [2.45, 2.75) is 0 Å². The number of benzene rings is 2. The molecule has 0 radical (unpaired) electrons. The van der Waals surface area contributed by atoms with Crippen LogP contribution in [-0.2, 0) is 0 Å². The largest absolute Gasteiger partial charge is 0.354 e. The lowest BCUT2D eigenvalue weighted by atomic mass is 10.1. The molecule has 4 heterocycles. The first-order valence-corrected chi connectivity index (χ1v) is 10.1. The maximum absolute atomic E-state index is 4.71. The highest BCUT2D eigenvalue weighted by atomic mass is 15.1. The van der Waals surface area contributed by atoms with Gasteiger partial charge in [-0.1, -0.05) is 24.3 Å². The molecular formula is C24H18N8. The smallest absolute Gasteiger partial charge is 0.161 e. The van der Waals surface area contributed by atoms with Gasteiger partial charge in [-0.05, 0) is 35.9 Å². The van der Waals surface area contributed by atoms with Gasteiger partial charge in [0.2, 0.25) is 0 Å². The first kappa shape index (κ1) is 18.1. The van der Waals surface area contributed by atoms with Gasteiger partial charge in [-0.25, -0.2) is 9.97 Å². The lowest BCUT2D eigenvalue weighted by Gasteiger charge is -2.08. The van der Waals surface area contributed by atoms with E-state index in [1.807, 2.05) is 48.8 Å². The molecule has 0 aliphatic carbocycles. The maximum atomic E-state index is 4.71. The monoisotopic (exact) mass is 418 g/mol. The molecule has 0 saturated heterocycles. The molecule has 6 rings (SSSR count). The highest BCUT2D eigenvalue weighted by Crippen LogP contribution is 2.28. The normalized spacial score (nSPS) is 11.1. The van der Waals surface area contributed by atoms with Gasteiger partial charge in [0.1, 0.15) is 5.82 Å². The van der Waals surface area contributed by atoms with Gasteiger partial charge in [0.05, 0.1) is 12.4 Å². The van der Waals surface area contributed by atoms with Gasteiger partial charge in [-0.15, -0.1) is 0 Å². The van der Waals surface area contributed by atoms with Crippen molar-refractivity contribution in [1.82, 2.24) is 35.3 Å². The SMILES string of the molecule is c1cc(Nc2ccc(-c3cn[nH]c3)cc2)nc(-c2ccc3cc(-c4cn[nH]c4)[nH]c3c2)n1. The van der Waals surface area contributed by atoms with Crippen LogP contribution in [0.1, 0.15) is 0 Å². The fourth-order valence-corrected chi connectivity index (χ4v) is 3.69. The molecule has 32 heavy (non-hydrogen) atoms. The number of hydrogen-bond acceptors (Lipinski definition) is 5. The van der Waals surface area contributed by atoms with Crippen molar-refractivity contribution in [2.24, 2.45) is 0 Å². The zero-order valence-electron chi connectivity index (χ0n) is 16.9. The molecule has 2 aromatic carbocycles. The minimum absolute atomic E-state index is 0.659. The zero-order valence-corrected chi connectivity index (χ0v) is 16.9. The van der Waals surface area contributed by atoms with E-state index < -0.39 is 0 Å². The Morgan fingerprint density at radius 2 is 1.50 bits per heavy atom. The number of fused-ring (bicyclic) bond motifs is 1. The molecule has 0 unspecified atom stereocenters. The van der Waals surface area contributed by atoms with Crippen molar-refractivity contribution in [3.05, 3.63) is 85.6 Å². The summed E-state index contributed by atoms with van der Waals surface area (Å²) in [7, 11) is 0. The summed E-state index contributed by atoms with van der Waals surface area (Å²) in [5.74, 6) is 1.39. The summed E-state index contributed by atoms with van der Waals surface area (Å²) in [6, 6.07) is 18.3. The number of anilines is 2. The number of nitrogens with one attached hydrogen (secondary N) is 4. The van der Waals surface area contributed by atoms with Crippen LogP contribution in [0.3, 0.4) is 0 Å². The van der Waals surface area contributed by atoms with Crippen LogP contribution in [-0.4, -0.2) is 35.3 Å². The Balaban J connectivity index is 1.26. The molecule has 6 aromatic rings. The van der Waals surface area contributed by atoms with E-state index in [4.69, 9.17) is 4.98 Å². The fraction of sp³-hybridized carbons (Fsp3) is 0. The van der Waals surface area contributed by atoms with Gasteiger partial charge in [0.25, 0.3) is 0 Å². The van der Waals surface area contributed by atoms with Crippen LogP contribution in [0.25, 0.3) is 44.7 Å². The second kappa shape index (κ2) is 7.51. The molecule has 154 valence electrons. The molecule has 0 spiro atoms. The Bertz CT molecular complexity index is 1480. The van der Waals surface area contributed by atoms with Crippen LogP contribution in [0.2, 0.25) is 0 Å². The van der Waals surface area contributed by atoms with Gasteiger partial charge < -0.3 is 10.3 Å². The molecule has 0 bridgehead atoms. The van der Waals surface area contributed by atoms with E-state index in [1.165, 1.54) is 0 Å². The molecular weight excluding hydrogens is 400 g/mol. The van der Waals surface area contributed by atoms with Gasteiger partial charge in [0, 0.05) is 57.6 Å². The van der Waals surface area contributed by atoms with Crippen molar-refractivity contribution in [1.29, 1.82) is 0 Å². The topological polar surface area (TPSA) is 111 Å². The summed E-state index contributed by atoms with van der Waals surface area (Å²) in [5, 5.41) is 18.2. The Hall–Kier alpha value is -4.72. The number of H-pyrrole nitrogens is 3. The van der Waals surface area contributed by atoms with E-state index in [1.54, 1.807) is 18.6 Å². The summed E-state index contributed by atoms with van der Waals surface area (Å²) in [6.07, 6.45) is 9.11. The van der Waals surface area contributed by atoms with Crippen LogP contribution < -0.4 is 5.32 Å². The lowest BCUT2D eigenvalue weighted by molar-refractivity contribution is 1.09. The minimum Gasteiger partial charge on any atom is -0.354 e. The Kier molecular flexibility index (Phi) is 4.25.